The molecule has 0 atom stereocenters. The highest BCUT2D eigenvalue weighted by molar-refractivity contribution is 5.60. The Bertz CT molecular complexity index is 908. The smallest absolute Gasteiger partial charge is 0.229 e. The van der Waals surface area contributed by atoms with Crippen LogP contribution in [0.2, 0.25) is 0 Å². The van der Waals surface area contributed by atoms with E-state index in [1.807, 2.05) is 25.1 Å². The van der Waals surface area contributed by atoms with Gasteiger partial charge >= 0.3 is 0 Å². The summed E-state index contributed by atoms with van der Waals surface area (Å²) in [6, 6.07) is 13.5. The molecule has 2 aromatic carbocycles. The van der Waals surface area contributed by atoms with Gasteiger partial charge in [0.2, 0.25) is 5.95 Å². The molecule has 0 amide bonds. The molecule has 26 heavy (non-hydrogen) atoms. The van der Waals surface area contributed by atoms with E-state index < -0.39 is 11.6 Å². The van der Waals surface area contributed by atoms with Crippen LogP contribution in [0, 0.1) is 18.6 Å². The number of aryl methyl sites for hydroxylation is 1. The third-order valence-electron chi connectivity index (χ3n) is 3.88. The first-order valence-electron chi connectivity index (χ1n) is 8.35. The van der Waals surface area contributed by atoms with Crippen LogP contribution in [-0.2, 0) is 0 Å². The van der Waals surface area contributed by atoms with Gasteiger partial charge in [-0.3, -0.25) is 0 Å². The van der Waals surface area contributed by atoms with Crippen molar-refractivity contribution in [2.24, 2.45) is 0 Å². The number of aromatic nitrogens is 2. The Hall–Kier alpha value is -3.02. The van der Waals surface area contributed by atoms with Crippen LogP contribution in [0.15, 0.2) is 48.5 Å². The van der Waals surface area contributed by atoms with E-state index in [-0.39, 0.29) is 0 Å². The van der Waals surface area contributed by atoms with Gasteiger partial charge in [0.25, 0.3) is 0 Å². The minimum Gasteiger partial charge on any atom is -0.340 e. The average Bonchev–Trinajstić information content (AvgIpc) is 2.58. The molecule has 0 fully saturated rings. The number of benzene rings is 2. The van der Waals surface area contributed by atoms with Crippen molar-refractivity contribution in [1.29, 1.82) is 0 Å². The number of anilines is 4. The fourth-order valence-electron chi connectivity index (χ4n) is 2.49. The lowest BCUT2D eigenvalue weighted by Gasteiger charge is -2.11. The maximum Gasteiger partial charge on any atom is 0.229 e. The van der Waals surface area contributed by atoms with Crippen molar-refractivity contribution in [2.75, 3.05) is 10.6 Å². The van der Waals surface area contributed by atoms with E-state index >= 15 is 0 Å². The summed E-state index contributed by atoms with van der Waals surface area (Å²) in [4.78, 5) is 8.67. The number of nitrogens with one attached hydrogen (secondary N) is 2. The zero-order valence-corrected chi connectivity index (χ0v) is 14.8. The Morgan fingerprint density at radius 1 is 0.808 bits per heavy atom. The molecule has 0 saturated heterocycles. The molecular weight excluding hydrogens is 334 g/mol. The third-order valence-corrected chi connectivity index (χ3v) is 3.88. The minimum atomic E-state index is -0.925. The van der Waals surface area contributed by atoms with Crippen molar-refractivity contribution in [2.45, 2.75) is 26.7 Å². The second-order valence-electron chi connectivity index (χ2n) is 6.37. The minimum absolute atomic E-state index is 0.303. The fourth-order valence-corrected chi connectivity index (χ4v) is 2.49. The average molecular weight is 354 g/mol. The van der Waals surface area contributed by atoms with Crippen LogP contribution >= 0.6 is 0 Å². The van der Waals surface area contributed by atoms with Crippen molar-refractivity contribution >= 4 is 23.1 Å². The Labute approximate surface area is 151 Å². The van der Waals surface area contributed by atoms with Crippen LogP contribution in [0.1, 0.15) is 31.0 Å². The molecule has 3 aromatic rings. The van der Waals surface area contributed by atoms with E-state index in [0.717, 1.165) is 23.5 Å². The largest absolute Gasteiger partial charge is 0.340 e. The van der Waals surface area contributed by atoms with Gasteiger partial charge in [-0.05, 0) is 42.7 Å². The van der Waals surface area contributed by atoms with E-state index in [9.17, 15) is 8.78 Å². The first-order valence-corrected chi connectivity index (χ1v) is 8.35. The van der Waals surface area contributed by atoms with Gasteiger partial charge in [0.05, 0.1) is 0 Å². The summed E-state index contributed by atoms with van der Waals surface area (Å²) in [6.45, 7) is 6.13. The number of hydrogen-bond acceptors (Lipinski definition) is 4. The molecule has 0 spiro atoms. The Morgan fingerprint density at radius 3 is 2.15 bits per heavy atom. The fraction of sp³-hybridized carbons (Fsp3) is 0.200. The molecule has 6 heteroatoms. The van der Waals surface area contributed by atoms with E-state index in [2.05, 4.69) is 46.6 Å². The predicted molar refractivity (Wildman–Crippen MR) is 100 cm³/mol. The van der Waals surface area contributed by atoms with Crippen molar-refractivity contribution in [3.8, 4) is 0 Å². The summed E-state index contributed by atoms with van der Waals surface area (Å²) in [5.41, 5.74) is 3.29. The second kappa shape index (κ2) is 7.47. The number of rotatable bonds is 5. The molecule has 1 aromatic heterocycles. The molecule has 0 radical (unpaired) electrons. The lowest BCUT2D eigenvalue weighted by molar-refractivity contribution is 0.509. The van der Waals surface area contributed by atoms with Crippen molar-refractivity contribution < 1.29 is 8.78 Å². The molecule has 0 aliphatic heterocycles. The zero-order valence-electron chi connectivity index (χ0n) is 14.8. The van der Waals surface area contributed by atoms with Crippen LogP contribution < -0.4 is 10.6 Å². The van der Waals surface area contributed by atoms with E-state index in [0.29, 0.717) is 23.4 Å². The summed E-state index contributed by atoms with van der Waals surface area (Å²) in [6.07, 6.45) is 0. The van der Waals surface area contributed by atoms with Crippen molar-refractivity contribution in [3.05, 3.63) is 71.4 Å². The molecule has 0 aliphatic rings. The summed E-state index contributed by atoms with van der Waals surface area (Å²) in [5.74, 6) is -0.436. The second-order valence-corrected chi connectivity index (χ2v) is 6.37. The topological polar surface area (TPSA) is 49.8 Å². The Kier molecular flexibility index (Phi) is 5.11. The molecule has 3 rings (SSSR count). The molecule has 0 aliphatic carbocycles. The lowest BCUT2D eigenvalue weighted by atomic mass is 10.0. The van der Waals surface area contributed by atoms with Crippen LogP contribution in [0.5, 0.6) is 0 Å². The van der Waals surface area contributed by atoms with Gasteiger partial charge in [-0.1, -0.05) is 26.0 Å². The van der Waals surface area contributed by atoms with Gasteiger partial charge < -0.3 is 10.6 Å². The predicted octanol–water partition coefficient (Wildman–Crippen LogP) is 5.67. The van der Waals surface area contributed by atoms with E-state index in [1.165, 1.54) is 11.6 Å². The quantitative estimate of drug-likeness (QED) is 0.619. The van der Waals surface area contributed by atoms with E-state index in [4.69, 9.17) is 0 Å². The van der Waals surface area contributed by atoms with Gasteiger partial charge in [-0.15, -0.1) is 0 Å². The molecule has 134 valence electrons. The normalized spacial score (nSPS) is 10.8. The molecule has 4 nitrogen and oxygen atoms in total. The van der Waals surface area contributed by atoms with Crippen molar-refractivity contribution in [1.82, 2.24) is 9.97 Å². The lowest BCUT2D eigenvalue weighted by Crippen LogP contribution is -2.03. The summed E-state index contributed by atoms with van der Waals surface area (Å²) >= 11 is 0. The molecule has 0 bridgehead atoms. The highest BCUT2D eigenvalue weighted by Crippen LogP contribution is 2.22. The van der Waals surface area contributed by atoms with Crippen LogP contribution in [0.4, 0.5) is 31.9 Å². The molecular formula is C20H20F2N4. The van der Waals surface area contributed by atoms with Gasteiger partial charge in [-0.25, -0.2) is 13.8 Å². The maximum absolute atomic E-state index is 13.3. The molecule has 0 unspecified atom stereocenters. The van der Waals surface area contributed by atoms with Crippen LogP contribution in [0.25, 0.3) is 0 Å². The highest BCUT2D eigenvalue weighted by atomic mass is 19.2. The standard InChI is InChI=1S/C20H20F2N4/c1-12(2)14-4-6-15(7-5-14)24-19-10-13(3)23-20(26-19)25-16-8-9-17(21)18(22)11-16/h4-12H,1-3H3,(H2,23,24,25,26). The number of hydrogen-bond donors (Lipinski definition) is 2. The van der Waals surface area contributed by atoms with Gasteiger partial charge in [0, 0.05) is 29.2 Å². The maximum atomic E-state index is 13.3. The monoisotopic (exact) mass is 354 g/mol. The molecule has 2 N–H and O–H groups in total. The highest BCUT2D eigenvalue weighted by Gasteiger charge is 2.07. The van der Waals surface area contributed by atoms with Gasteiger partial charge in [-0.2, -0.15) is 4.98 Å². The number of nitrogens with zero attached hydrogens (tertiary/aromatic N) is 2. The van der Waals surface area contributed by atoms with Crippen molar-refractivity contribution in [3.63, 3.8) is 0 Å². The Morgan fingerprint density at radius 2 is 1.50 bits per heavy atom. The van der Waals surface area contributed by atoms with Crippen LogP contribution in [-0.4, -0.2) is 9.97 Å². The summed E-state index contributed by atoms with van der Waals surface area (Å²) < 4.78 is 26.4. The van der Waals surface area contributed by atoms with Crippen LogP contribution in [0.3, 0.4) is 0 Å². The summed E-state index contributed by atoms with van der Waals surface area (Å²) in [7, 11) is 0. The first kappa shape index (κ1) is 17.8. The Balaban J connectivity index is 1.79. The van der Waals surface area contributed by atoms with Gasteiger partial charge in [0.15, 0.2) is 11.6 Å². The molecule has 1 heterocycles. The van der Waals surface area contributed by atoms with E-state index in [1.54, 1.807) is 0 Å². The molecule has 0 saturated carbocycles. The number of halogens is 2. The first-order chi connectivity index (χ1) is 12.4. The third kappa shape index (κ3) is 4.33. The van der Waals surface area contributed by atoms with Gasteiger partial charge in [0.1, 0.15) is 5.82 Å². The SMILES string of the molecule is Cc1cc(Nc2ccc(C(C)C)cc2)nc(Nc2ccc(F)c(F)c2)n1. The summed E-state index contributed by atoms with van der Waals surface area (Å²) in [5, 5.41) is 6.13. The zero-order chi connectivity index (χ0) is 18.7.